The van der Waals surface area contributed by atoms with Crippen molar-refractivity contribution in [2.45, 2.75) is 13.2 Å². The van der Waals surface area contributed by atoms with E-state index in [1.54, 1.807) is 7.11 Å². The van der Waals surface area contributed by atoms with Gasteiger partial charge in [0.15, 0.2) is 0 Å². The lowest BCUT2D eigenvalue weighted by Crippen LogP contribution is -2.06. The number of hydrogen-bond donors (Lipinski definition) is 0. The molecule has 2 heteroatoms. The molecule has 0 saturated heterocycles. The minimum absolute atomic E-state index is 0.629. The topological polar surface area (TPSA) is 18.5 Å². The zero-order valence-electron chi connectivity index (χ0n) is 14.2. The molecule has 0 saturated carbocycles. The van der Waals surface area contributed by atoms with E-state index < -0.39 is 0 Å². The Hall–Kier alpha value is -2.84. The van der Waals surface area contributed by atoms with E-state index in [4.69, 9.17) is 9.47 Å². The summed E-state index contributed by atoms with van der Waals surface area (Å²) in [5.41, 5.74) is 7.28. The predicted molar refractivity (Wildman–Crippen MR) is 101 cm³/mol. The van der Waals surface area contributed by atoms with Crippen LogP contribution in [0.25, 0.3) is 11.6 Å². The zero-order chi connectivity index (χ0) is 17.1. The Morgan fingerprint density at radius 1 is 0.760 bits per heavy atom. The van der Waals surface area contributed by atoms with E-state index >= 15 is 0 Å². The molecule has 1 heterocycles. The van der Waals surface area contributed by atoms with Crippen LogP contribution in [0.5, 0.6) is 5.75 Å². The number of benzene rings is 3. The monoisotopic (exact) mass is 328 g/mol. The van der Waals surface area contributed by atoms with E-state index in [9.17, 15) is 0 Å². The quantitative estimate of drug-likeness (QED) is 0.634. The maximum atomic E-state index is 5.91. The van der Waals surface area contributed by atoms with Gasteiger partial charge in [0.05, 0.1) is 20.3 Å². The Balaban J connectivity index is 1.90. The minimum atomic E-state index is 0.629. The lowest BCUT2D eigenvalue weighted by molar-refractivity contribution is 0.106. The van der Waals surface area contributed by atoms with Crippen molar-refractivity contribution in [1.29, 1.82) is 0 Å². The summed E-state index contributed by atoms with van der Waals surface area (Å²) in [7, 11) is 1.69. The third kappa shape index (κ3) is 3.21. The molecule has 1 aliphatic rings. The summed E-state index contributed by atoms with van der Waals surface area (Å²) >= 11 is 0. The molecule has 124 valence electrons. The van der Waals surface area contributed by atoms with Crippen molar-refractivity contribution >= 4 is 11.6 Å². The molecule has 3 aromatic carbocycles. The van der Waals surface area contributed by atoms with Gasteiger partial charge in [0.25, 0.3) is 0 Å². The highest BCUT2D eigenvalue weighted by molar-refractivity contribution is 5.93. The normalized spacial score (nSPS) is 13.2. The van der Waals surface area contributed by atoms with Crippen molar-refractivity contribution in [3.63, 3.8) is 0 Å². The second-order valence-electron chi connectivity index (χ2n) is 6.14. The van der Waals surface area contributed by atoms with Gasteiger partial charge in [-0.2, -0.15) is 0 Å². The molecule has 25 heavy (non-hydrogen) atoms. The van der Waals surface area contributed by atoms with E-state index in [-0.39, 0.29) is 0 Å². The van der Waals surface area contributed by atoms with E-state index in [1.807, 2.05) is 12.1 Å². The smallest absolute Gasteiger partial charge is 0.118 e. The van der Waals surface area contributed by atoms with E-state index in [0.717, 1.165) is 11.3 Å². The maximum absolute atomic E-state index is 5.91. The van der Waals surface area contributed by atoms with Crippen molar-refractivity contribution in [2.24, 2.45) is 0 Å². The number of rotatable bonds is 2. The van der Waals surface area contributed by atoms with Crippen molar-refractivity contribution in [1.82, 2.24) is 0 Å². The van der Waals surface area contributed by atoms with Gasteiger partial charge in [0.2, 0.25) is 0 Å². The van der Waals surface area contributed by atoms with Crippen LogP contribution in [0.3, 0.4) is 0 Å². The molecule has 0 aromatic heterocycles. The number of methoxy groups -OCH3 is 1. The highest BCUT2D eigenvalue weighted by Gasteiger charge is 2.16. The SMILES string of the molecule is COc1ccc(C=C2c3ccccc3COCc3ccccc32)cc1. The van der Waals surface area contributed by atoms with Crippen LogP contribution in [0.4, 0.5) is 0 Å². The largest absolute Gasteiger partial charge is 0.497 e. The maximum Gasteiger partial charge on any atom is 0.118 e. The molecule has 0 aliphatic carbocycles. The van der Waals surface area contributed by atoms with Gasteiger partial charge in [-0.3, -0.25) is 0 Å². The molecular weight excluding hydrogens is 308 g/mol. The van der Waals surface area contributed by atoms with Gasteiger partial charge in [-0.1, -0.05) is 60.7 Å². The molecule has 0 unspecified atom stereocenters. The first-order chi connectivity index (χ1) is 12.3. The summed E-state index contributed by atoms with van der Waals surface area (Å²) in [5.74, 6) is 0.869. The zero-order valence-corrected chi connectivity index (χ0v) is 14.2. The van der Waals surface area contributed by atoms with Crippen LogP contribution in [0.1, 0.15) is 27.8 Å². The first-order valence-corrected chi connectivity index (χ1v) is 8.45. The fraction of sp³-hybridized carbons (Fsp3) is 0.130. The molecule has 0 amide bonds. The van der Waals surface area contributed by atoms with Crippen LogP contribution < -0.4 is 4.74 Å². The fourth-order valence-electron chi connectivity index (χ4n) is 3.26. The van der Waals surface area contributed by atoms with Gasteiger partial charge >= 0.3 is 0 Å². The molecule has 4 rings (SSSR count). The molecule has 1 aliphatic heterocycles. The Morgan fingerprint density at radius 3 is 1.88 bits per heavy atom. The van der Waals surface area contributed by atoms with Crippen molar-refractivity contribution in [3.8, 4) is 5.75 Å². The highest BCUT2D eigenvalue weighted by atomic mass is 16.5. The third-order valence-corrected chi connectivity index (χ3v) is 4.56. The number of fused-ring (bicyclic) bond motifs is 2. The Labute approximate surface area is 148 Å². The van der Waals surface area contributed by atoms with E-state index in [2.05, 4.69) is 66.7 Å². The first kappa shape index (κ1) is 15.7. The summed E-state index contributed by atoms with van der Waals surface area (Å²) in [5, 5.41) is 0. The summed E-state index contributed by atoms with van der Waals surface area (Å²) in [6.07, 6.45) is 2.25. The molecule has 0 radical (unpaired) electrons. The molecule has 0 bridgehead atoms. The van der Waals surface area contributed by atoms with Crippen LogP contribution in [-0.4, -0.2) is 7.11 Å². The molecule has 2 nitrogen and oxygen atoms in total. The van der Waals surface area contributed by atoms with Crippen molar-refractivity contribution < 1.29 is 9.47 Å². The van der Waals surface area contributed by atoms with Gasteiger partial charge in [0, 0.05) is 0 Å². The van der Waals surface area contributed by atoms with Crippen LogP contribution in [-0.2, 0) is 18.0 Å². The molecule has 0 N–H and O–H groups in total. The van der Waals surface area contributed by atoms with Crippen LogP contribution in [0.15, 0.2) is 72.8 Å². The summed E-state index contributed by atoms with van der Waals surface area (Å²) in [6, 6.07) is 25.1. The van der Waals surface area contributed by atoms with Crippen molar-refractivity contribution in [3.05, 3.63) is 101 Å². The molecule has 3 aromatic rings. The van der Waals surface area contributed by atoms with E-state index in [1.165, 1.54) is 27.8 Å². The van der Waals surface area contributed by atoms with Crippen LogP contribution in [0, 0.1) is 0 Å². The third-order valence-electron chi connectivity index (χ3n) is 4.56. The average molecular weight is 328 g/mol. The molecule has 0 spiro atoms. The standard InChI is InChI=1S/C23H20O2/c1-24-20-12-10-17(11-13-20)14-23-21-8-4-2-6-18(21)15-25-16-19-7-3-5-9-22(19)23/h2-14H,15-16H2,1H3. The first-order valence-electron chi connectivity index (χ1n) is 8.45. The van der Waals surface area contributed by atoms with Crippen molar-refractivity contribution in [2.75, 3.05) is 7.11 Å². The van der Waals surface area contributed by atoms with Gasteiger partial charge in [-0.15, -0.1) is 0 Å². The van der Waals surface area contributed by atoms with Gasteiger partial charge < -0.3 is 9.47 Å². The van der Waals surface area contributed by atoms with Gasteiger partial charge in [0.1, 0.15) is 5.75 Å². The lowest BCUT2D eigenvalue weighted by atomic mass is 9.89. The highest BCUT2D eigenvalue weighted by Crippen LogP contribution is 2.33. The molecule has 0 atom stereocenters. The number of hydrogen-bond acceptors (Lipinski definition) is 2. The van der Waals surface area contributed by atoms with Gasteiger partial charge in [-0.05, 0) is 51.6 Å². The van der Waals surface area contributed by atoms with Gasteiger partial charge in [-0.25, -0.2) is 0 Å². The number of ether oxygens (including phenoxy) is 2. The Bertz CT molecular complexity index is 858. The Kier molecular flexibility index (Phi) is 4.36. The second-order valence-corrected chi connectivity index (χ2v) is 6.14. The minimum Gasteiger partial charge on any atom is -0.497 e. The lowest BCUT2D eigenvalue weighted by Gasteiger charge is -2.20. The van der Waals surface area contributed by atoms with Crippen LogP contribution in [0.2, 0.25) is 0 Å². The predicted octanol–water partition coefficient (Wildman–Crippen LogP) is 5.31. The molecular formula is C23H20O2. The second kappa shape index (κ2) is 6.96. The van der Waals surface area contributed by atoms with Crippen LogP contribution >= 0.6 is 0 Å². The van der Waals surface area contributed by atoms with E-state index in [0.29, 0.717) is 13.2 Å². The Morgan fingerprint density at radius 2 is 1.32 bits per heavy atom. The summed E-state index contributed by atoms with van der Waals surface area (Å²) in [4.78, 5) is 0. The summed E-state index contributed by atoms with van der Waals surface area (Å²) < 4.78 is 11.2. The average Bonchev–Trinajstić information content (AvgIpc) is 2.66. The summed E-state index contributed by atoms with van der Waals surface area (Å²) in [6.45, 7) is 1.26. The molecule has 0 fully saturated rings. The fourth-order valence-corrected chi connectivity index (χ4v) is 3.26.